The second-order valence-electron chi connectivity index (χ2n) is 5.71. The summed E-state index contributed by atoms with van der Waals surface area (Å²) in [5.41, 5.74) is 8.27. The smallest absolute Gasteiger partial charge is 0.241 e. The average molecular weight is 331 g/mol. The molecule has 2 aromatic rings. The Morgan fingerprint density at radius 1 is 1.30 bits per heavy atom. The van der Waals surface area contributed by atoms with Crippen LogP contribution in [-0.4, -0.2) is 28.9 Å². The Balaban J connectivity index is 1.62. The van der Waals surface area contributed by atoms with Crippen molar-refractivity contribution in [3.8, 4) is 0 Å². The molecule has 1 aromatic carbocycles. The van der Waals surface area contributed by atoms with Gasteiger partial charge in [-0.3, -0.25) is 9.78 Å². The number of benzene rings is 1. The molecule has 2 unspecified atom stereocenters. The summed E-state index contributed by atoms with van der Waals surface area (Å²) in [5.74, 6) is 0.0518. The predicted octanol–water partition coefficient (Wildman–Crippen LogP) is 2.30. The third-order valence-corrected chi connectivity index (χ3v) is 4.34. The summed E-state index contributed by atoms with van der Waals surface area (Å²) in [5, 5.41) is 0.712. The summed E-state index contributed by atoms with van der Waals surface area (Å²) < 4.78 is 0. The van der Waals surface area contributed by atoms with E-state index in [9.17, 15) is 4.79 Å². The number of nitrogens with one attached hydrogen (secondary N) is 2. The molecule has 2 atom stereocenters. The number of rotatable bonds is 4. The third-order valence-electron chi connectivity index (χ3n) is 4.00. The maximum absolute atomic E-state index is 12.6. The van der Waals surface area contributed by atoms with Crippen LogP contribution >= 0.6 is 11.6 Å². The second-order valence-corrected chi connectivity index (χ2v) is 6.11. The fourth-order valence-electron chi connectivity index (χ4n) is 2.79. The lowest BCUT2D eigenvalue weighted by Crippen LogP contribution is -2.43. The molecule has 3 rings (SSSR count). The molecule has 1 aromatic heterocycles. The second kappa shape index (κ2) is 7.08. The van der Waals surface area contributed by atoms with Gasteiger partial charge >= 0.3 is 0 Å². The highest BCUT2D eigenvalue weighted by Gasteiger charge is 2.32. The highest BCUT2D eigenvalue weighted by Crippen LogP contribution is 2.28. The Kier molecular flexibility index (Phi) is 4.91. The van der Waals surface area contributed by atoms with Crippen LogP contribution in [-0.2, 0) is 11.3 Å². The van der Waals surface area contributed by atoms with Crippen molar-refractivity contribution < 1.29 is 4.79 Å². The summed E-state index contributed by atoms with van der Waals surface area (Å²) in [7, 11) is 1.81. The van der Waals surface area contributed by atoms with Gasteiger partial charge in [-0.15, -0.1) is 0 Å². The van der Waals surface area contributed by atoms with E-state index in [0.717, 1.165) is 11.1 Å². The minimum atomic E-state index is -0.266. The van der Waals surface area contributed by atoms with E-state index in [-0.39, 0.29) is 18.0 Å². The number of carbonyl (C=O) groups excluding carboxylic acids is 1. The maximum Gasteiger partial charge on any atom is 0.241 e. The predicted molar refractivity (Wildman–Crippen MR) is 89.6 cm³/mol. The molecule has 0 saturated carbocycles. The number of halogens is 1. The number of likely N-dealkylation sites (N-methyl/N-ethyl adjacent to an activating group) is 1. The van der Waals surface area contributed by atoms with Crippen molar-refractivity contribution in [3.05, 3.63) is 64.9 Å². The number of hydrogen-bond acceptors (Lipinski definition) is 4. The summed E-state index contributed by atoms with van der Waals surface area (Å²) in [6.45, 7) is 0.543. The van der Waals surface area contributed by atoms with Crippen molar-refractivity contribution in [2.24, 2.45) is 0 Å². The Morgan fingerprint density at radius 3 is 2.87 bits per heavy atom. The molecule has 0 spiro atoms. The van der Waals surface area contributed by atoms with Gasteiger partial charge in [0.1, 0.15) is 6.04 Å². The van der Waals surface area contributed by atoms with Crippen LogP contribution in [0.15, 0.2) is 48.8 Å². The fraction of sp³-hybridized carbons (Fsp3) is 0.294. The van der Waals surface area contributed by atoms with Gasteiger partial charge in [0.05, 0.1) is 0 Å². The van der Waals surface area contributed by atoms with Crippen molar-refractivity contribution in [2.45, 2.75) is 25.0 Å². The molecular weight excluding hydrogens is 312 g/mol. The first-order chi connectivity index (χ1) is 11.1. The Bertz CT molecular complexity index is 679. The van der Waals surface area contributed by atoms with Crippen LogP contribution in [0.3, 0.4) is 0 Å². The van der Waals surface area contributed by atoms with E-state index in [2.05, 4.69) is 15.8 Å². The number of nitrogens with zero attached hydrogens (tertiary/aromatic N) is 2. The van der Waals surface area contributed by atoms with Gasteiger partial charge in [0.25, 0.3) is 0 Å². The Morgan fingerprint density at radius 2 is 2.13 bits per heavy atom. The average Bonchev–Trinajstić information content (AvgIpc) is 3.05. The van der Waals surface area contributed by atoms with Gasteiger partial charge in [-0.25, -0.2) is 10.9 Å². The van der Waals surface area contributed by atoms with Gasteiger partial charge in [-0.2, -0.15) is 0 Å². The van der Waals surface area contributed by atoms with E-state index >= 15 is 0 Å². The minimum Gasteiger partial charge on any atom is -0.340 e. The van der Waals surface area contributed by atoms with Gasteiger partial charge in [0, 0.05) is 37.1 Å². The molecule has 0 radical (unpaired) electrons. The number of aromatic nitrogens is 1. The van der Waals surface area contributed by atoms with E-state index in [4.69, 9.17) is 11.6 Å². The third kappa shape index (κ3) is 3.69. The lowest BCUT2D eigenvalue weighted by Gasteiger charge is -2.20. The molecular formula is C17H19ClN4O. The van der Waals surface area contributed by atoms with Crippen molar-refractivity contribution in [1.29, 1.82) is 0 Å². The normalized spacial score (nSPS) is 20.4. The van der Waals surface area contributed by atoms with Gasteiger partial charge < -0.3 is 4.90 Å². The minimum absolute atomic E-state index is 0.0319. The summed E-state index contributed by atoms with van der Waals surface area (Å²) in [6, 6.07) is 11.3. The van der Waals surface area contributed by atoms with Crippen LogP contribution in [0.5, 0.6) is 0 Å². The molecule has 1 amide bonds. The molecule has 6 heteroatoms. The summed E-state index contributed by atoms with van der Waals surface area (Å²) >= 11 is 6.23. The first-order valence-corrected chi connectivity index (χ1v) is 7.92. The van der Waals surface area contributed by atoms with Crippen LogP contribution in [0.1, 0.15) is 23.6 Å². The van der Waals surface area contributed by atoms with E-state index < -0.39 is 0 Å². The highest BCUT2D eigenvalue weighted by molar-refractivity contribution is 6.31. The van der Waals surface area contributed by atoms with Crippen molar-refractivity contribution in [3.63, 3.8) is 0 Å². The summed E-state index contributed by atoms with van der Waals surface area (Å²) in [6.07, 6.45) is 4.17. The van der Waals surface area contributed by atoms with E-state index in [1.165, 1.54) is 0 Å². The molecule has 1 aliphatic rings. The number of hydrogen-bond donors (Lipinski definition) is 2. The number of carbonyl (C=O) groups is 1. The molecule has 0 aliphatic carbocycles. The molecule has 1 saturated heterocycles. The number of amides is 1. The van der Waals surface area contributed by atoms with Crippen LogP contribution in [0, 0.1) is 0 Å². The van der Waals surface area contributed by atoms with Crippen molar-refractivity contribution in [2.75, 3.05) is 7.05 Å². The van der Waals surface area contributed by atoms with E-state index in [1.54, 1.807) is 24.3 Å². The number of pyridine rings is 1. The molecule has 5 nitrogen and oxygen atoms in total. The number of hydrazine groups is 1. The largest absolute Gasteiger partial charge is 0.340 e. The van der Waals surface area contributed by atoms with Gasteiger partial charge in [-0.05, 0) is 29.7 Å². The lowest BCUT2D eigenvalue weighted by molar-refractivity contribution is -0.132. The zero-order chi connectivity index (χ0) is 16.2. The summed E-state index contributed by atoms with van der Waals surface area (Å²) in [4.78, 5) is 18.4. The van der Waals surface area contributed by atoms with Gasteiger partial charge in [0.15, 0.2) is 0 Å². The molecule has 0 bridgehead atoms. The monoisotopic (exact) mass is 330 g/mol. The zero-order valence-corrected chi connectivity index (χ0v) is 13.6. The molecule has 23 heavy (non-hydrogen) atoms. The van der Waals surface area contributed by atoms with Crippen LogP contribution < -0.4 is 10.9 Å². The fourth-order valence-corrected chi connectivity index (χ4v) is 3.06. The molecule has 1 fully saturated rings. The van der Waals surface area contributed by atoms with Gasteiger partial charge in [0.2, 0.25) is 5.91 Å². The van der Waals surface area contributed by atoms with Crippen LogP contribution in [0.2, 0.25) is 5.02 Å². The zero-order valence-electron chi connectivity index (χ0n) is 12.9. The standard InChI is InChI=1S/C17H19ClN4O/c1-22(11-12-5-4-8-19-10-12)17(23)16-9-15(20-21-16)13-6-2-3-7-14(13)18/h2-8,10,15-16,20-21H,9,11H2,1H3. The first kappa shape index (κ1) is 15.9. The maximum atomic E-state index is 12.6. The quantitative estimate of drug-likeness (QED) is 0.903. The first-order valence-electron chi connectivity index (χ1n) is 7.54. The molecule has 120 valence electrons. The molecule has 2 heterocycles. The van der Waals surface area contributed by atoms with Crippen molar-refractivity contribution >= 4 is 17.5 Å². The van der Waals surface area contributed by atoms with Crippen LogP contribution in [0.4, 0.5) is 0 Å². The topological polar surface area (TPSA) is 57.3 Å². The SMILES string of the molecule is CN(Cc1cccnc1)C(=O)C1CC(c2ccccc2Cl)NN1. The lowest BCUT2D eigenvalue weighted by atomic mass is 10.0. The molecule has 2 N–H and O–H groups in total. The van der Waals surface area contributed by atoms with Gasteiger partial charge in [-0.1, -0.05) is 35.9 Å². The Hall–Kier alpha value is -1.95. The van der Waals surface area contributed by atoms with Crippen molar-refractivity contribution in [1.82, 2.24) is 20.7 Å². The molecule has 1 aliphatic heterocycles. The van der Waals surface area contributed by atoms with E-state index in [0.29, 0.717) is 18.0 Å². The van der Waals surface area contributed by atoms with Crippen LogP contribution in [0.25, 0.3) is 0 Å². The van der Waals surface area contributed by atoms with E-state index in [1.807, 2.05) is 36.4 Å². The Labute approximate surface area is 140 Å². The highest BCUT2D eigenvalue weighted by atomic mass is 35.5.